The first-order chi connectivity index (χ1) is 9.53. The Balaban J connectivity index is 1.69. The number of ether oxygens (including phenoxy) is 1. The fourth-order valence-electron chi connectivity index (χ4n) is 4.78. The maximum atomic E-state index is 10.3. The largest absolute Gasteiger partial charge is 0.508 e. The summed E-state index contributed by atoms with van der Waals surface area (Å²) < 4.78 is 6.20. The zero-order valence-corrected chi connectivity index (χ0v) is 11.9. The van der Waals surface area contributed by atoms with Crippen LogP contribution in [0.2, 0.25) is 0 Å². The van der Waals surface area contributed by atoms with E-state index in [2.05, 4.69) is 6.92 Å². The smallest absolute Gasteiger partial charge is 0.115 e. The van der Waals surface area contributed by atoms with E-state index in [-0.39, 0.29) is 17.1 Å². The number of aliphatic hydroxyl groups excluding tert-OH is 1. The van der Waals surface area contributed by atoms with Gasteiger partial charge in [0.05, 0.1) is 18.3 Å². The average molecular weight is 274 g/mol. The van der Waals surface area contributed by atoms with Crippen LogP contribution in [0.3, 0.4) is 0 Å². The first-order valence-corrected chi connectivity index (χ1v) is 7.68. The molecule has 2 N–H and O–H groups in total. The van der Waals surface area contributed by atoms with Crippen molar-refractivity contribution in [1.82, 2.24) is 0 Å². The van der Waals surface area contributed by atoms with Crippen molar-refractivity contribution in [2.24, 2.45) is 11.3 Å². The highest BCUT2D eigenvalue weighted by Crippen LogP contribution is 2.59. The maximum Gasteiger partial charge on any atom is 0.115 e. The molecular formula is C17H22O3. The Morgan fingerprint density at radius 1 is 1.25 bits per heavy atom. The lowest BCUT2D eigenvalue weighted by Crippen LogP contribution is -2.43. The molecule has 0 unspecified atom stereocenters. The van der Waals surface area contributed by atoms with Crippen LogP contribution in [0.1, 0.15) is 50.2 Å². The minimum atomic E-state index is -0.169. The van der Waals surface area contributed by atoms with Crippen molar-refractivity contribution in [3.05, 3.63) is 29.3 Å². The summed E-state index contributed by atoms with van der Waals surface area (Å²) in [6.07, 6.45) is 4.91. The molecule has 4 atom stereocenters. The zero-order chi connectivity index (χ0) is 14.0. The van der Waals surface area contributed by atoms with E-state index in [1.807, 2.05) is 12.1 Å². The Morgan fingerprint density at radius 2 is 2.10 bits per heavy atom. The Morgan fingerprint density at radius 3 is 2.95 bits per heavy atom. The fraction of sp³-hybridized carbons (Fsp3) is 0.647. The highest BCUT2D eigenvalue weighted by atomic mass is 16.5. The number of hydrogen-bond donors (Lipinski definition) is 2. The van der Waals surface area contributed by atoms with Gasteiger partial charge in [-0.3, -0.25) is 0 Å². The molecule has 1 aromatic carbocycles. The van der Waals surface area contributed by atoms with Crippen molar-refractivity contribution < 1.29 is 14.9 Å². The lowest BCUT2D eigenvalue weighted by Gasteiger charge is -2.46. The standard InChI is InChI=1S/C17H22O3/c1-16-6-7-17(9-12(16)2-5-15(16)19)14-4-3-13(18)8-11(14)10-20-17/h3-4,8,12,15,18-19H,2,5-7,9-10H2,1H3/t12-,15+,16+,17-/m1/s1. The van der Waals surface area contributed by atoms with Crippen LogP contribution in [0.15, 0.2) is 18.2 Å². The monoisotopic (exact) mass is 274 g/mol. The van der Waals surface area contributed by atoms with Crippen LogP contribution in [0.5, 0.6) is 5.75 Å². The molecule has 3 heteroatoms. The van der Waals surface area contributed by atoms with E-state index in [4.69, 9.17) is 4.74 Å². The van der Waals surface area contributed by atoms with Gasteiger partial charge in [-0.25, -0.2) is 0 Å². The van der Waals surface area contributed by atoms with Crippen molar-refractivity contribution in [1.29, 1.82) is 0 Å². The molecule has 2 aliphatic carbocycles. The summed E-state index contributed by atoms with van der Waals surface area (Å²) in [7, 11) is 0. The maximum absolute atomic E-state index is 10.3. The number of aromatic hydroxyl groups is 1. The summed E-state index contributed by atoms with van der Waals surface area (Å²) in [5.41, 5.74) is 2.30. The molecule has 1 aromatic rings. The van der Waals surface area contributed by atoms with Gasteiger partial charge in [0.25, 0.3) is 0 Å². The van der Waals surface area contributed by atoms with Gasteiger partial charge < -0.3 is 14.9 Å². The number of hydrogen-bond acceptors (Lipinski definition) is 3. The van der Waals surface area contributed by atoms with Crippen LogP contribution in [0.25, 0.3) is 0 Å². The minimum Gasteiger partial charge on any atom is -0.508 e. The number of rotatable bonds is 0. The summed E-state index contributed by atoms with van der Waals surface area (Å²) in [5.74, 6) is 0.868. The van der Waals surface area contributed by atoms with Gasteiger partial charge in [-0.15, -0.1) is 0 Å². The average Bonchev–Trinajstić information content (AvgIpc) is 2.91. The molecule has 2 saturated carbocycles. The van der Waals surface area contributed by atoms with Crippen LogP contribution in [-0.4, -0.2) is 16.3 Å². The summed E-state index contributed by atoms with van der Waals surface area (Å²) in [5, 5.41) is 19.9. The Hall–Kier alpha value is -1.06. The number of benzene rings is 1. The Bertz CT molecular complexity index is 555. The molecular weight excluding hydrogens is 252 g/mol. The van der Waals surface area contributed by atoms with Crippen LogP contribution in [0.4, 0.5) is 0 Å². The molecule has 1 aliphatic heterocycles. The third-order valence-corrected chi connectivity index (χ3v) is 6.21. The first kappa shape index (κ1) is 12.7. The first-order valence-electron chi connectivity index (χ1n) is 7.68. The number of phenols is 1. The molecule has 108 valence electrons. The lowest BCUT2D eigenvalue weighted by atomic mass is 9.62. The van der Waals surface area contributed by atoms with Gasteiger partial charge in [0.1, 0.15) is 5.75 Å². The molecule has 0 bridgehead atoms. The summed E-state index contributed by atoms with van der Waals surface area (Å²) >= 11 is 0. The molecule has 2 fully saturated rings. The zero-order valence-electron chi connectivity index (χ0n) is 11.9. The van der Waals surface area contributed by atoms with E-state index in [9.17, 15) is 10.2 Å². The quantitative estimate of drug-likeness (QED) is 0.764. The summed E-state index contributed by atoms with van der Waals surface area (Å²) in [6, 6.07) is 5.64. The minimum absolute atomic E-state index is 0.0777. The van der Waals surface area contributed by atoms with E-state index >= 15 is 0 Å². The Labute approximate surface area is 119 Å². The molecule has 3 aliphatic rings. The van der Waals surface area contributed by atoms with Gasteiger partial charge in [0.15, 0.2) is 0 Å². The van der Waals surface area contributed by atoms with Crippen molar-refractivity contribution in [2.45, 2.75) is 57.3 Å². The van der Waals surface area contributed by atoms with Crippen molar-refractivity contribution in [3.63, 3.8) is 0 Å². The third kappa shape index (κ3) is 1.54. The number of aliphatic hydroxyl groups is 1. The van der Waals surface area contributed by atoms with E-state index in [1.54, 1.807) is 6.07 Å². The van der Waals surface area contributed by atoms with Gasteiger partial charge in [0, 0.05) is 0 Å². The van der Waals surface area contributed by atoms with E-state index in [1.165, 1.54) is 5.56 Å². The van der Waals surface area contributed by atoms with E-state index in [0.29, 0.717) is 18.3 Å². The molecule has 0 radical (unpaired) electrons. The molecule has 0 saturated heterocycles. The van der Waals surface area contributed by atoms with Crippen molar-refractivity contribution >= 4 is 0 Å². The normalized spacial score (nSPS) is 42.7. The lowest BCUT2D eigenvalue weighted by molar-refractivity contribution is -0.118. The third-order valence-electron chi connectivity index (χ3n) is 6.21. The van der Waals surface area contributed by atoms with Gasteiger partial charge >= 0.3 is 0 Å². The van der Waals surface area contributed by atoms with E-state index < -0.39 is 0 Å². The number of phenolic OH excluding ortho intramolecular Hbond substituents is 1. The second-order valence-corrected chi connectivity index (χ2v) is 7.12. The highest BCUT2D eigenvalue weighted by Gasteiger charge is 2.55. The summed E-state index contributed by atoms with van der Waals surface area (Å²) in [4.78, 5) is 0. The second-order valence-electron chi connectivity index (χ2n) is 7.12. The topological polar surface area (TPSA) is 49.7 Å². The number of fused-ring (bicyclic) bond motifs is 3. The van der Waals surface area contributed by atoms with Crippen LogP contribution >= 0.6 is 0 Å². The molecule has 4 rings (SSSR count). The molecule has 0 amide bonds. The SMILES string of the molecule is C[C@]12CC[C@]3(C[C@H]1CC[C@@H]2O)OCc1cc(O)ccc13. The Kier molecular flexibility index (Phi) is 2.52. The molecule has 3 nitrogen and oxygen atoms in total. The van der Waals surface area contributed by atoms with Crippen LogP contribution in [0, 0.1) is 11.3 Å². The van der Waals surface area contributed by atoms with Crippen LogP contribution in [-0.2, 0) is 16.9 Å². The van der Waals surface area contributed by atoms with Crippen LogP contribution < -0.4 is 0 Å². The van der Waals surface area contributed by atoms with Crippen molar-refractivity contribution in [3.8, 4) is 5.75 Å². The second kappa shape index (κ2) is 3.99. The van der Waals surface area contributed by atoms with E-state index in [0.717, 1.165) is 37.7 Å². The molecule has 1 heterocycles. The summed E-state index contributed by atoms with van der Waals surface area (Å²) in [6.45, 7) is 2.85. The molecule has 1 spiro atoms. The molecule has 20 heavy (non-hydrogen) atoms. The van der Waals surface area contributed by atoms with Gasteiger partial charge in [-0.1, -0.05) is 13.0 Å². The fourth-order valence-corrected chi connectivity index (χ4v) is 4.78. The van der Waals surface area contributed by atoms with Gasteiger partial charge in [0.2, 0.25) is 0 Å². The predicted octanol–water partition coefficient (Wildman–Crippen LogP) is 3.08. The highest BCUT2D eigenvalue weighted by molar-refractivity contribution is 5.41. The van der Waals surface area contributed by atoms with Gasteiger partial charge in [-0.2, -0.15) is 0 Å². The van der Waals surface area contributed by atoms with Crippen molar-refractivity contribution in [2.75, 3.05) is 0 Å². The molecule has 0 aromatic heterocycles. The van der Waals surface area contributed by atoms with Gasteiger partial charge in [-0.05, 0) is 66.7 Å². The predicted molar refractivity (Wildman–Crippen MR) is 75.3 cm³/mol.